The highest BCUT2D eigenvalue weighted by molar-refractivity contribution is 5.97. The lowest BCUT2D eigenvalue weighted by atomic mass is 10.0. The van der Waals surface area contributed by atoms with Crippen LogP contribution in [0.3, 0.4) is 0 Å². The van der Waals surface area contributed by atoms with Gasteiger partial charge in [0.1, 0.15) is 12.6 Å². The van der Waals surface area contributed by atoms with Crippen LogP contribution in [0.1, 0.15) is 33.1 Å². The van der Waals surface area contributed by atoms with E-state index in [2.05, 4.69) is 0 Å². The molecule has 2 rings (SSSR count). The van der Waals surface area contributed by atoms with Gasteiger partial charge in [0, 0.05) is 12.5 Å². The second-order valence-corrected chi connectivity index (χ2v) is 5.22. The Hall–Kier alpha value is -1.39. The number of rotatable bonds is 4. The zero-order valence-corrected chi connectivity index (χ0v) is 11.0. The summed E-state index contributed by atoms with van der Waals surface area (Å²) < 4.78 is 0. The number of amides is 2. The van der Waals surface area contributed by atoms with Gasteiger partial charge in [-0.25, -0.2) is 0 Å². The Labute approximate surface area is 107 Å². The molecule has 0 aromatic rings. The van der Waals surface area contributed by atoms with E-state index in [1.165, 1.54) is 4.90 Å². The van der Waals surface area contributed by atoms with Crippen LogP contribution in [0.2, 0.25) is 0 Å². The largest absolute Gasteiger partial charge is 0.329 e. The number of carbonyl (C=O) groups excluding carboxylic acids is 3. The molecule has 2 atom stereocenters. The molecule has 0 aromatic carbocycles. The van der Waals surface area contributed by atoms with Crippen LogP contribution < -0.4 is 0 Å². The van der Waals surface area contributed by atoms with E-state index in [9.17, 15) is 14.4 Å². The van der Waals surface area contributed by atoms with Gasteiger partial charge in [0.05, 0.1) is 6.54 Å². The van der Waals surface area contributed by atoms with Crippen molar-refractivity contribution in [2.75, 3.05) is 19.6 Å². The van der Waals surface area contributed by atoms with Crippen LogP contribution in [0.25, 0.3) is 0 Å². The molecule has 0 bridgehead atoms. The van der Waals surface area contributed by atoms with Crippen molar-refractivity contribution in [2.45, 2.75) is 39.2 Å². The summed E-state index contributed by atoms with van der Waals surface area (Å²) in [6.45, 7) is 4.65. The Morgan fingerprint density at radius 2 is 2.17 bits per heavy atom. The van der Waals surface area contributed by atoms with Gasteiger partial charge < -0.3 is 9.80 Å². The Morgan fingerprint density at radius 3 is 2.83 bits per heavy atom. The normalized spacial score (nSPS) is 25.3. The molecule has 0 saturated carbocycles. The fraction of sp³-hybridized carbons (Fsp3) is 0.769. The van der Waals surface area contributed by atoms with Crippen molar-refractivity contribution in [1.82, 2.24) is 9.80 Å². The lowest BCUT2D eigenvalue weighted by Gasteiger charge is -2.36. The number of ketones is 1. The Balaban J connectivity index is 2.03. The number of carbonyl (C=O) groups is 3. The zero-order chi connectivity index (χ0) is 13.3. The van der Waals surface area contributed by atoms with Crippen LogP contribution in [-0.4, -0.2) is 53.1 Å². The molecule has 5 nitrogen and oxygen atoms in total. The number of nitrogens with zero attached hydrogens (tertiary/aromatic N) is 2. The summed E-state index contributed by atoms with van der Waals surface area (Å²) in [4.78, 5) is 39.0. The minimum atomic E-state index is -0.309. The smallest absolute Gasteiger partial charge is 0.246 e. The molecule has 0 radical (unpaired) electrons. The molecular formula is C13H20N2O3. The number of fused-ring (bicyclic) bond motifs is 1. The number of piperazine rings is 1. The first-order valence-corrected chi connectivity index (χ1v) is 6.65. The number of Topliss-reactive ketones (excluding diaryl/α,β-unsaturated/α-hetero) is 1. The van der Waals surface area contributed by atoms with Crippen molar-refractivity contribution in [1.29, 1.82) is 0 Å². The fourth-order valence-corrected chi connectivity index (χ4v) is 2.57. The predicted molar refractivity (Wildman–Crippen MR) is 65.8 cm³/mol. The standard InChI is InChI=1S/C13H20N2O3/c1-3-9(2)11(16)7-14-8-12(17)15-6-4-5-10(15)13(14)18/h9-10H,3-8H2,1-2H3. The molecule has 0 aromatic heterocycles. The van der Waals surface area contributed by atoms with Crippen molar-refractivity contribution < 1.29 is 14.4 Å². The van der Waals surface area contributed by atoms with Crippen molar-refractivity contribution in [3.05, 3.63) is 0 Å². The van der Waals surface area contributed by atoms with Crippen LogP contribution >= 0.6 is 0 Å². The third-order valence-electron chi connectivity index (χ3n) is 4.00. The third-order valence-corrected chi connectivity index (χ3v) is 4.00. The van der Waals surface area contributed by atoms with Crippen LogP contribution in [0.4, 0.5) is 0 Å². The Morgan fingerprint density at radius 1 is 1.44 bits per heavy atom. The van der Waals surface area contributed by atoms with Gasteiger partial charge in [-0.3, -0.25) is 14.4 Å². The lowest BCUT2D eigenvalue weighted by molar-refractivity contribution is -0.154. The minimum absolute atomic E-state index is 0.0194. The minimum Gasteiger partial charge on any atom is -0.329 e. The second-order valence-electron chi connectivity index (χ2n) is 5.22. The molecule has 2 amide bonds. The van der Waals surface area contributed by atoms with Crippen LogP contribution in [0.15, 0.2) is 0 Å². The highest BCUT2D eigenvalue weighted by Gasteiger charge is 2.42. The summed E-state index contributed by atoms with van der Waals surface area (Å²) in [5.41, 5.74) is 0. The van der Waals surface area contributed by atoms with Gasteiger partial charge in [-0.05, 0) is 19.3 Å². The highest BCUT2D eigenvalue weighted by atomic mass is 16.2. The van der Waals surface area contributed by atoms with E-state index in [0.717, 1.165) is 19.3 Å². The quantitative estimate of drug-likeness (QED) is 0.729. The second kappa shape index (κ2) is 5.08. The average molecular weight is 252 g/mol. The maximum Gasteiger partial charge on any atom is 0.246 e. The first kappa shape index (κ1) is 13.1. The van der Waals surface area contributed by atoms with Crippen molar-refractivity contribution in [2.24, 2.45) is 5.92 Å². The molecule has 2 aliphatic rings. The van der Waals surface area contributed by atoms with E-state index in [1.54, 1.807) is 4.90 Å². The van der Waals surface area contributed by atoms with Gasteiger partial charge in [0.2, 0.25) is 11.8 Å². The van der Waals surface area contributed by atoms with E-state index >= 15 is 0 Å². The molecule has 2 aliphatic heterocycles. The number of hydrogen-bond acceptors (Lipinski definition) is 3. The fourth-order valence-electron chi connectivity index (χ4n) is 2.57. The third kappa shape index (κ3) is 2.26. The molecule has 0 N–H and O–H groups in total. The van der Waals surface area contributed by atoms with Gasteiger partial charge in [0.25, 0.3) is 0 Å². The molecule has 100 valence electrons. The summed E-state index contributed by atoms with van der Waals surface area (Å²) >= 11 is 0. The molecule has 0 spiro atoms. The lowest BCUT2D eigenvalue weighted by Crippen LogP contribution is -2.58. The molecule has 2 unspecified atom stereocenters. The van der Waals surface area contributed by atoms with Crippen LogP contribution in [0, 0.1) is 5.92 Å². The molecule has 18 heavy (non-hydrogen) atoms. The molecule has 2 saturated heterocycles. The SMILES string of the molecule is CCC(C)C(=O)CN1CC(=O)N2CCCC2C1=O. The summed E-state index contributed by atoms with van der Waals surface area (Å²) in [7, 11) is 0. The average Bonchev–Trinajstić information content (AvgIpc) is 2.84. The zero-order valence-electron chi connectivity index (χ0n) is 11.0. The van der Waals surface area contributed by atoms with Crippen LogP contribution in [0.5, 0.6) is 0 Å². The van der Waals surface area contributed by atoms with E-state index < -0.39 is 0 Å². The monoisotopic (exact) mass is 252 g/mol. The first-order valence-electron chi connectivity index (χ1n) is 6.65. The van der Waals surface area contributed by atoms with Gasteiger partial charge in [-0.1, -0.05) is 13.8 Å². The van der Waals surface area contributed by atoms with E-state index in [4.69, 9.17) is 0 Å². The molecule has 2 heterocycles. The maximum atomic E-state index is 12.2. The molecule has 0 aliphatic carbocycles. The maximum absolute atomic E-state index is 12.2. The Kier molecular flexibility index (Phi) is 3.68. The molecular weight excluding hydrogens is 232 g/mol. The van der Waals surface area contributed by atoms with Gasteiger partial charge in [-0.2, -0.15) is 0 Å². The van der Waals surface area contributed by atoms with Crippen LogP contribution in [-0.2, 0) is 14.4 Å². The summed E-state index contributed by atoms with van der Waals surface area (Å²) in [6.07, 6.45) is 2.39. The highest BCUT2D eigenvalue weighted by Crippen LogP contribution is 2.23. The molecule has 2 fully saturated rings. The van der Waals surface area contributed by atoms with E-state index in [1.807, 2.05) is 13.8 Å². The van der Waals surface area contributed by atoms with Gasteiger partial charge >= 0.3 is 0 Å². The van der Waals surface area contributed by atoms with Crippen molar-refractivity contribution >= 4 is 17.6 Å². The van der Waals surface area contributed by atoms with Gasteiger partial charge in [-0.15, -0.1) is 0 Å². The Bertz CT molecular complexity index is 380. The van der Waals surface area contributed by atoms with Crippen molar-refractivity contribution in [3.8, 4) is 0 Å². The summed E-state index contributed by atoms with van der Waals surface area (Å²) in [6, 6.07) is -0.309. The summed E-state index contributed by atoms with van der Waals surface area (Å²) in [5.74, 6) is -0.0718. The predicted octanol–water partition coefficient (Wildman–Crippen LogP) is 0.435. The summed E-state index contributed by atoms with van der Waals surface area (Å²) in [5, 5.41) is 0. The number of hydrogen-bond donors (Lipinski definition) is 0. The van der Waals surface area contributed by atoms with Gasteiger partial charge in [0.15, 0.2) is 5.78 Å². The topological polar surface area (TPSA) is 57.7 Å². The van der Waals surface area contributed by atoms with E-state index in [-0.39, 0.29) is 42.6 Å². The first-order chi connectivity index (χ1) is 8.54. The van der Waals surface area contributed by atoms with Crippen molar-refractivity contribution in [3.63, 3.8) is 0 Å². The van der Waals surface area contributed by atoms with E-state index in [0.29, 0.717) is 6.54 Å². The molecule has 5 heteroatoms.